The van der Waals surface area contributed by atoms with Gasteiger partial charge in [-0.15, -0.1) is 0 Å². The molecule has 4 heteroatoms. The van der Waals surface area contributed by atoms with Gasteiger partial charge in [-0.1, -0.05) is 24.6 Å². The number of aromatic nitrogens is 2. The van der Waals surface area contributed by atoms with Crippen molar-refractivity contribution >= 4 is 17.8 Å². The summed E-state index contributed by atoms with van der Waals surface area (Å²) in [6.07, 6.45) is 9.04. The zero-order valence-corrected chi connectivity index (χ0v) is 13.0. The second-order valence-corrected chi connectivity index (χ2v) is 5.81. The van der Waals surface area contributed by atoms with Crippen molar-refractivity contribution in [3.63, 3.8) is 0 Å². The number of aliphatic imine (C=N–C) groups is 1. The van der Waals surface area contributed by atoms with Crippen LogP contribution in [0.2, 0.25) is 5.02 Å². The lowest BCUT2D eigenvalue weighted by atomic mass is 10.0. The molecule has 1 aromatic heterocycles. The minimum Gasteiger partial charge on any atom is -0.268 e. The first-order valence-electron chi connectivity index (χ1n) is 7.18. The van der Waals surface area contributed by atoms with E-state index in [0.29, 0.717) is 5.92 Å². The van der Waals surface area contributed by atoms with Crippen molar-refractivity contribution in [3.8, 4) is 11.1 Å². The average molecular weight is 300 g/mol. The smallest absolute Gasteiger partial charge is 0.0643 e. The maximum absolute atomic E-state index is 6.08. The molecule has 108 valence electrons. The highest BCUT2D eigenvalue weighted by Gasteiger charge is 2.15. The van der Waals surface area contributed by atoms with Crippen LogP contribution in [-0.2, 0) is 6.54 Å². The molecule has 3 nitrogen and oxygen atoms in total. The second kappa shape index (κ2) is 5.86. The Morgan fingerprint density at radius 3 is 2.90 bits per heavy atom. The summed E-state index contributed by atoms with van der Waals surface area (Å²) in [5.74, 6) is 0.454. The summed E-state index contributed by atoms with van der Waals surface area (Å²) in [6, 6.07) is 6.06. The van der Waals surface area contributed by atoms with Crippen molar-refractivity contribution in [2.75, 3.05) is 0 Å². The fraction of sp³-hybridized carbons (Fsp3) is 0.294. The van der Waals surface area contributed by atoms with Gasteiger partial charge in [0, 0.05) is 35.1 Å². The van der Waals surface area contributed by atoms with Crippen LogP contribution in [0, 0.1) is 12.8 Å². The lowest BCUT2D eigenvalue weighted by molar-refractivity contribution is 0.625. The van der Waals surface area contributed by atoms with Crippen LogP contribution in [0.4, 0.5) is 0 Å². The summed E-state index contributed by atoms with van der Waals surface area (Å²) in [6.45, 7) is 4.99. The molecule has 0 bridgehead atoms. The van der Waals surface area contributed by atoms with Crippen LogP contribution in [0.25, 0.3) is 11.1 Å². The number of rotatable bonds is 4. The topological polar surface area (TPSA) is 30.2 Å². The highest BCUT2D eigenvalue weighted by molar-refractivity contribution is 6.31. The number of hydrogen-bond donors (Lipinski definition) is 0. The number of allylic oxidation sites excluding steroid dienone is 1. The van der Waals surface area contributed by atoms with Gasteiger partial charge in [0.25, 0.3) is 0 Å². The molecule has 0 saturated carbocycles. The Morgan fingerprint density at radius 1 is 1.29 bits per heavy atom. The number of nitrogens with zero attached hydrogens (tertiary/aromatic N) is 3. The molecule has 1 aliphatic heterocycles. The standard InChI is InChI=1S/C17H18ClN3/c1-3-13-7-19-8-15(13)10-21-11-16(9-20-21)14-4-5-17(18)12(2)6-14/h4-9,11,13H,3,10H2,1-2H3. The van der Waals surface area contributed by atoms with E-state index in [0.717, 1.165) is 34.7 Å². The van der Waals surface area contributed by atoms with Crippen molar-refractivity contribution in [2.45, 2.75) is 26.8 Å². The molecule has 0 amide bonds. The van der Waals surface area contributed by atoms with Crippen molar-refractivity contribution in [3.05, 3.63) is 53.0 Å². The number of hydrogen-bond acceptors (Lipinski definition) is 2. The number of benzene rings is 1. The molecule has 0 radical (unpaired) electrons. The van der Waals surface area contributed by atoms with E-state index in [4.69, 9.17) is 11.6 Å². The van der Waals surface area contributed by atoms with Gasteiger partial charge in [-0.2, -0.15) is 5.10 Å². The van der Waals surface area contributed by atoms with Crippen molar-refractivity contribution in [1.82, 2.24) is 9.78 Å². The number of halogens is 1. The average Bonchev–Trinajstić information content (AvgIpc) is 3.11. The molecule has 2 aromatic rings. The molecule has 0 saturated heterocycles. The summed E-state index contributed by atoms with van der Waals surface area (Å²) >= 11 is 6.08. The van der Waals surface area contributed by atoms with Gasteiger partial charge in [0.05, 0.1) is 12.7 Å². The van der Waals surface area contributed by atoms with Crippen LogP contribution in [0.3, 0.4) is 0 Å². The van der Waals surface area contributed by atoms with Gasteiger partial charge in [-0.25, -0.2) is 0 Å². The summed E-state index contributed by atoms with van der Waals surface area (Å²) in [5.41, 5.74) is 4.66. The Hall–Kier alpha value is -1.87. The van der Waals surface area contributed by atoms with Gasteiger partial charge in [-0.3, -0.25) is 9.67 Å². The van der Waals surface area contributed by atoms with Crippen LogP contribution in [0.1, 0.15) is 18.9 Å². The monoisotopic (exact) mass is 299 g/mol. The molecule has 2 heterocycles. The first kappa shape index (κ1) is 14.1. The molecule has 21 heavy (non-hydrogen) atoms. The van der Waals surface area contributed by atoms with E-state index < -0.39 is 0 Å². The SMILES string of the molecule is CCC1C=NC=C1Cn1cc(-c2ccc(Cl)c(C)c2)cn1. The Kier molecular flexibility index (Phi) is 3.93. The van der Waals surface area contributed by atoms with Gasteiger partial charge < -0.3 is 0 Å². The van der Waals surface area contributed by atoms with E-state index in [1.807, 2.05) is 42.3 Å². The van der Waals surface area contributed by atoms with E-state index in [-0.39, 0.29) is 0 Å². The Labute approximate surface area is 130 Å². The normalized spacial score (nSPS) is 17.3. The molecule has 0 spiro atoms. The fourth-order valence-electron chi connectivity index (χ4n) is 2.57. The van der Waals surface area contributed by atoms with Gasteiger partial charge in [-0.05, 0) is 42.2 Å². The molecule has 0 N–H and O–H groups in total. The highest BCUT2D eigenvalue weighted by atomic mass is 35.5. The van der Waals surface area contributed by atoms with Gasteiger partial charge in [0.15, 0.2) is 0 Å². The minimum atomic E-state index is 0.454. The Bertz CT molecular complexity index is 713. The summed E-state index contributed by atoms with van der Waals surface area (Å²) in [5, 5.41) is 5.26. The molecular formula is C17H18ClN3. The third kappa shape index (κ3) is 2.93. The first-order valence-corrected chi connectivity index (χ1v) is 7.56. The third-order valence-electron chi connectivity index (χ3n) is 3.89. The molecule has 1 aliphatic rings. The predicted molar refractivity (Wildman–Crippen MR) is 87.8 cm³/mol. The second-order valence-electron chi connectivity index (χ2n) is 5.41. The van der Waals surface area contributed by atoms with Crippen molar-refractivity contribution in [2.24, 2.45) is 10.9 Å². The van der Waals surface area contributed by atoms with E-state index >= 15 is 0 Å². The van der Waals surface area contributed by atoms with E-state index in [1.54, 1.807) is 0 Å². The Balaban J connectivity index is 1.79. The maximum Gasteiger partial charge on any atom is 0.0643 e. The van der Waals surface area contributed by atoms with Crippen LogP contribution in [0.15, 0.2) is 47.4 Å². The quantitative estimate of drug-likeness (QED) is 0.817. The van der Waals surface area contributed by atoms with Crippen LogP contribution in [-0.4, -0.2) is 16.0 Å². The van der Waals surface area contributed by atoms with Gasteiger partial charge >= 0.3 is 0 Å². The van der Waals surface area contributed by atoms with Crippen molar-refractivity contribution < 1.29 is 0 Å². The van der Waals surface area contributed by atoms with Crippen LogP contribution < -0.4 is 0 Å². The van der Waals surface area contributed by atoms with Gasteiger partial charge in [0.2, 0.25) is 0 Å². The molecular weight excluding hydrogens is 282 g/mol. The van der Waals surface area contributed by atoms with Crippen LogP contribution >= 0.6 is 11.6 Å². The molecule has 0 aliphatic carbocycles. The number of aryl methyl sites for hydroxylation is 1. The zero-order valence-electron chi connectivity index (χ0n) is 12.3. The molecule has 3 rings (SSSR count). The lowest BCUT2D eigenvalue weighted by Crippen LogP contribution is -2.08. The third-order valence-corrected chi connectivity index (χ3v) is 4.32. The predicted octanol–water partition coefficient (Wildman–Crippen LogP) is 4.51. The minimum absolute atomic E-state index is 0.454. The summed E-state index contributed by atoms with van der Waals surface area (Å²) < 4.78 is 1.97. The van der Waals surface area contributed by atoms with Gasteiger partial charge in [0.1, 0.15) is 0 Å². The van der Waals surface area contributed by atoms with E-state index in [2.05, 4.69) is 29.3 Å². The molecule has 0 fully saturated rings. The highest BCUT2D eigenvalue weighted by Crippen LogP contribution is 2.25. The summed E-state index contributed by atoms with van der Waals surface area (Å²) in [4.78, 5) is 4.26. The first-order chi connectivity index (χ1) is 10.2. The molecule has 1 unspecified atom stereocenters. The zero-order chi connectivity index (χ0) is 14.8. The lowest BCUT2D eigenvalue weighted by Gasteiger charge is -2.09. The van der Waals surface area contributed by atoms with Crippen LogP contribution in [0.5, 0.6) is 0 Å². The fourth-order valence-corrected chi connectivity index (χ4v) is 2.69. The van der Waals surface area contributed by atoms with E-state index in [9.17, 15) is 0 Å². The molecule has 1 aromatic carbocycles. The Morgan fingerprint density at radius 2 is 2.14 bits per heavy atom. The van der Waals surface area contributed by atoms with E-state index in [1.165, 1.54) is 5.57 Å². The largest absolute Gasteiger partial charge is 0.268 e. The maximum atomic E-state index is 6.08. The summed E-state index contributed by atoms with van der Waals surface area (Å²) in [7, 11) is 0. The molecule has 1 atom stereocenters. The van der Waals surface area contributed by atoms with Crippen molar-refractivity contribution in [1.29, 1.82) is 0 Å².